The van der Waals surface area contributed by atoms with Gasteiger partial charge in [0.2, 0.25) is 0 Å². The highest BCUT2D eigenvalue weighted by molar-refractivity contribution is 7.85. The zero-order valence-electron chi connectivity index (χ0n) is 7.48. The lowest BCUT2D eigenvalue weighted by molar-refractivity contribution is 0.410. The maximum absolute atomic E-state index is 11.0. The van der Waals surface area contributed by atoms with Gasteiger partial charge in [0.15, 0.2) is 0 Å². The van der Waals surface area contributed by atoms with E-state index < -0.39 is 10.3 Å². The van der Waals surface area contributed by atoms with Crippen LogP contribution in [0.3, 0.4) is 0 Å². The summed E-state index contributed by atoms with van der Waals surface area (Å²) in [6, 6.07) is 4.96. The lowest BCUT2D eigenvalue weighted by Gasteiger charge is -2.17. The zero-order valence-corrected chi connectivity index (χ0v) is 8.30. The molecule has 1 heterocycles. The van der Waals surface area contributed by atoms with Crippen molar-refractivity contribution in [2.75, 3.05) is 7.11 Å². The van der Waals surface area contributed by atoms with Gasteiger partial charge in [-0.3, -0.25) is 0 Å². The highest BCUT2D eigenvalue weighted by atomic mass is 32.2. The second-order valence-corrected chi connectivity index (χ2v) is 4.20. The molecule has 0 saturated heterocycles. The monoisotopic (exact) mass is 215 g/mol. The van der Waals surface area contributed by atoms with Crippen LogP contribution < -0.4 is 13.6 Å². The van der Waals surface area contributed by atoms with Gasteiger partial charge < -0.3 is 8.92 Å². The normalized spacial score (nSPS) is 18.1. The first-order valence-corrected chi connectivity index (χ1v) is 5.37. The van der Waals surface area contributed by atoms with Gasteiger partial charge in [-0.25, -0.2) is 0 Å². The van der Waals surface area contributed by atoms with Gasteiger partial charge in [0, 0.05) is 12.1 Å². The van der Waals surface area contributed by atoms with Gasteiger partial charge >= 0.3 is 10.3 Å². The van der Waals surface area contributed by atoms with Crippen molar-refractivity contribution in [2.45, 2.75) is 6.54 Å². The van der Waals surface area contributed by atoms with Crippen molar-refractivity contribution in [1.29, 1.82) is 0 Å². The van der Waals surface area contributed by atoms with Crippen molar-refractivity contribution in [1.82, 2.24) is 4.72 Å². The molecule has 0 radical (unpaired) electrons. The van der Waals surface area contributed by atoms with Gasteiger partial charge in [-0.15, -0.1) is 0 Å². The van der Waals surface area contributed by atoms with Crippen molar-refractivity contribution in [3.05, 3.63) is 23.8 Å². The Morgan fingerprint density at radius 2 is 2.29 bits per heavy atom. The maximum Gasteiger partial charge on any atom is 0.382 e. The van der Waals surface area contributed by atoms with Crippen LogP contribution in [0.25, 0.3) is 0 Å². The van der Waals surface area contributed by atoms with Crippen LogP contribution in [0.15, 0.2) is 18.2 Å². The van der Waals surface area contributed by atoms with E-state index in [1.807, 2.05) is 0 Å². The Morgan fingerprint density at radius 1 is 1.50 bits per heavy atom. The van der Waals surface area contributed by atoms with Gasteiger partial charge in [0.05, 0.1) is 7.11 Å². The number of rotatable bonds is 1. The van der Waals surface area contributed by atoms with Gasteiger partial charge in [-0.05, 0) is 18.2 Å². The van der Waals surface area contributed by atoms with E-state index in [9.17, 15) is 8.42 Å². The molecule has 6 heteroatoms. The van der Waals surface area contributed by atoms with Crippen molar-refractivity contribution >= 4 is 10.3 Å². The molecule has 0 amide bonds. The number of hydrogen-bond acceptors (Lipinski definition) is 4. The van der Waals surface area contributed by atoms with E-state index in [1.165, 1.54) is 0 Å². The fourth-order valence-electron chi connectivity index (χ4n) is 1.22. The van der Waals surface area contributed by atoms with E-state index in [-0.39, 0.29) is 6.54 Å². The van der Waals surface area contributed by atoms with E-state index in [1.54, 1.807) is 25.3 Å². The van der Waals surface area contributed by atoms with Crippen LogP contribution in [0.2, 0.25) is 0 Å². The minimum atomic E-state index is -3.61. The SMILES string of the molecule is COc1ccc2c(c1)CNS(=O)(=O)O2. The van der Waals surface area contributed by atoms with E-state index in [2.05, 4.69) is 4.72 Å². The largest absolute Gasteiger partial charge is 0.497 e. The molecule has 5 nitrogen and oxygen atoms in total. The van der Waals surface area contributed by atoms with Gasteiger partial charge in [-0.2, -0.15) is 13.1 Å². The summed E-state index contributed by atoms with van der Waals surface area (Å²) in [5.74, 6) is 1.03. The number of benzene rings is 1. The minimum absolute atomic E-state index is 0.231. The predicted octanol–water partition coefficient (Wildman–Crippen LogP) is 0.422. The van der Waals surface area contributed by atoms with Crippen LogP contribution in [-0.4, -0.2) is 15.5 Å². The standard InChI is InChI=1S/C8H9NO4S/c1-12-7-2-3-8-6(4-7)5-9-14(10,11)13-8/h2-4,9H,5H2,1H3. The molecule has 0 bridgehead atoms. The molecule has 0 fully saturated rings. The summed E-state index contributed by atoms with van der Waals surface area (Å²) in [5.41, 5.74) is 0.763. The summed E-state index contributed by atoms with van der Waals surface area (Å²) >= 11 is 0. The summed E-state index contributed by atoms with van der Waals surface area (Å²) in [5, 5.41) is 0. The number of methoxy groups -OCH3 is 1. The van der Waals surface area contributed by atoms with Crippen molar-refractivity contribution in [2.24, 2.45) is 0 Å². The van der Waals surface area contributed by atoms with Crippen molar-refractivity contribution in [3.63, 3.8) is 0 Å². The molecular formula is C8H9NO4S. The second kappa shape index (κ2) is 3.14. The summed E-state index contributed by atoms with van der Waals surface area (Å²) in [6.45, 7) is 0.231. The summed E-state index contributed by atoms with van der Waals surface area (Å²) < 4.78 is 34.0. The Labute approximate surface area is 81.9 Å². The first-order chi connectivity index (χ1) is 6.61. The number of ether oxygens (including phenoxy) is 1. The number of nitrogens with one attached hydrogen (secondary N) is 1. The predicted molar refractivity (Wildman–Crippen MR) is 49.4 cm³/mol. The molecule has 76 valence electrons. The van der Waals surface area contributed by atoms with Crippen LogP contribution in [0.5, 0.6) is 11.5 Å². The highest BCUT2D eigenvalue weighted by Gasteiger charge is 2.21. The van der Waals surface area contributed by atoms with Crippen LogP contribution in [0, 0.1) is 0 Å². The third-order valence-electron chi connectivity index (χ3n) is 1.91. The third kappa shape index (κ3) is 1.66. The van der Waals surface area contributed by atoms with Crippen LogP contribution in [-0.2, 0) is 16.8 Å². The second-order valence-electron chi connectivity index (χ2n) is 2.83. The summed E-state index contributed by atoms with van der Waals surface area (Å²) in [7, 11) is -2.06. The van der Waals surface area contributed by atoms with E-state index in [0.29, 0.717) is 11.5 Å². The van der Waals surface area contributed by atoms with Gasteiger partial charge in [-0.1, -0.05) is 0 Å². The highest BCUT2D eigenvalue weighted by Crippen LogP contribution is 2.27. The summed E-state index contributed by atoms with van der Waals surface area (Å²) in [6.07, 6.45) is 0. The average molecular weight is 215 g/mol. The molecule has 0 spiro atoms. The minimum Gasteiger partial charge on any atom is -0.497 e. The molecule has 1 aromatic carbocycles. The fraction of sp³-hybridized carbons (Fsp3) is 0.250. The molecule has 1 N–H and O–H groups in total. The van der Waals surface area contributed by atoms with Crippen molar-refractivity contribution < 1.29 is 17.3 Å². The zero-order chi connectivity index (χ0) is 10.2. The number of fused-ring (bicyclic) bond motifs is 1. The van der Waals surface area contributed by atoms with Crippen LogP contribution in [0.4, 0.5) is 0 Å². The number of hydrogen-bond donors (Lipinski definition) is 1. The fourth-order valence-corrected chi connectivity index (χ4v) is 2.01. The molecule has 0 aliphatic carbocycles. The molecule has 0 saturated carbocycles. The Morgan fingerprint density at radius 3 is 3.00 bits per heavy atom. The quantitative estimate of drug-likeness (QED) is 0.737. The summed E-state index contributed by atoms with van der Waals surface area (Å²) in [4.78, 5) is 0. The maximum atomic E-state index is 11.0. The Balaban J connectivity index is 2.42. The first-order valence-electron chi connectivity index (χ1n) is 3.97. The molecule has 2 rings (SSSR count). The molecule has 14 heavy (non-hydrogen) atoms. The molecule has 1 aliphatic rings. The molecule has 0 aromatic heterocycles. The van der Waals surface area contributed by atoms with Crippen molar-refractivity contribution in [3.8, 4) is 11.5 Å². The first kappa shape index (κ1) is 9.29. The van der Waals surface area contributed by atoms with Crippen LogP contribution in [0.1, 0.15) is 5.56 Å². The Kier molecular flexibility index (Phi) is 2.09. The molecule has 1 aromatic rings. The van der Waals surface area contributed by atoms with Gasteiger partial charge in [0.25, 0.3) is 0 Å². The smallest absolute Gasteiger partial charge is 0.382 e. The van der Waals surface area contributed by atoms with Gasteiger partial charge in [0.1, 0.15) is 11.5 Å². The van der Waals surface area contributed by atoms with E-state index >= 15 is 0 Å². The molecular weight excluding hydrogens is 206 g/mol. The average Bonchev–Trinajstić information content (AvgIpc) is 2.16. The third-order valence-corrected chi connectivity index (χ3v) is 2.80. The molecule has 1 aliphatic heterocycles. The molecule has 0 atom stereocenters. The van der Waals surface area contributed by atoms with E-state index in [0.717, 1.165) is 5.56 Å². The van der Waals surface area contributed by atoms with Crippen LogP contribution >= 0.6 is 0 Å². The molecule has 0 unspecified atom stereocenters. The van der Waals surface area contributed by atoms with E-state index in [4.69, 9.17) is 8.92 Å². The lowest BCUT2D eigenvalue weighted by Crippen LogP contribution is -2.32. The lowest BCUT2D eigenvalue weighted by atomic mass is 10.2. The Bertz CT molecular complexity index is 454. The Hall–Kier alpha value is -1.27. The topological polar surface area (TPSA) is 64.6 Å².